The van der Waals surface area contributed by atoms with Gasteiger partial charge in [0.25, 0.3) is 5.91 Å². The standard InChI is InChI=1S/C15H12BrN3O2/c1-18-13(10-5-4-6-11(16)9-10)14(20)19(15(18)21)12-7-2-3-8-17-12/h2-9,13H,1H3/t13-/m1/s1. The summed E-state index contributed by atoms with van der Waals surface area (Å²) >= 11 is 3.38. The van der Waals surface area contributed by atoms with Gasteiger partial charge < -0.3 is 4.90 Å². The lowest BCUT2D eigenvalue weighted by Crippen LogP contribution is -2.31. The normalized spacial score (nSPS) is 18.5. The fraction of sp³-hybridized carbons (Fsp3) is 0.133. The molecule has 1 aromatic heterocycles. The molecule has 0 bridgehead atoms. The van der Waals surface area contributed by atoms with Crippen molar-refractivity contribution >= 4 is 33.7 Å². The van der Waals surface area contributed by atoms with Gasteiger partial charge in [0.05, 0.1) is 0 Å². The lowest BCUT2D eigenvalue weighted by molar-refractivity contribution is -0.119. The van der Waals surface area contributed by atoms with Crippen LogP contribution in [0.15, 0.2) is 53.1 Å². The van der Waals surface area contributed by atoms with E-state index in [1.165, 1.54) is 4.90 Å². The number of rotatable bonds is 2. The van der Waals surface area contributed by atoms with Gasteiger partial charge >= 0.3 is 6.03 Å². The highest BCUT2D eigenvalue weighted by Gasteiger charge is 2.45. The van der Waals surface area contributed by atoms with E-state index in [0.29, 0.717) is 5.82 Å². The van der Waals surface area contributed by atoms with Crippen molar-refractivity contribution in [3.05, 3.63) is 58.7 Å². The molecule has 2 aromatic rings. The van der Waals surface area contributed by atoms with E-state index in [4.69, 9.17) is 0 Å². The molecule has 5 nitrogen and oxygen atoms in total. The highest BCUT2D eigenvalue weighted by Crippen LogP contribution is 2.32. The third-order valence-corrected chi connectivity index (χ3v) is 3.87. The molecule has 106 valence electrons. The first-order chi connectivity index (χ1) is 10.1. The van der Waals surface area contributed by atoms with E-state index in [-0.39, 0.29) is 11.9 Å². The number of carbonyl (C=O) groups excluding carboxylic acids is 2. The first-order valence-electron chi connectivity index (χ1n) is 6.37. The summed E-state index contributed by atoms with van der Waals surface area (Å²) < 4.78 is 0.866. The van der Waals surface area contributed by atoms with Gasteiger partial charge in [0.1, 0.15) is 11.9 Å². The molecule has 3 rings (SSSR count). The van der Waals surface area contributed by atoms with E-state index >= 15 is 0 Å². The van der Waals surface area contributed by atoms with E-state index in [2.05, 4.69) is 20.9 Å². The summed E-state index contributed by atoms with van der Waals surface area (Å²) in [7, 11) is 1.62. The Hall–Kier alpha value is -2.21. The zero-order valence-electron chi connectivity index (χ0n) is 11.2. The van der Waals surface area contributed by atoms with Gasteiger partial charge in [-0.25, -0.2) is 14.7 Å². The Morgan fingerprint density at radius 3 is 2.62 bits per heavy atom. The lowest BCUT2D eigenvalue weighted by atomic mass is 10.1. The van der Waals surface area contributed by atoms with Gasteiger partial charge in [-0.05, 0) is 29.8 Å². The molecule has 0 saturated carbocycles. The van der Waals surface area contributed by atoms with Gasteiger partial charge in [-0.15, -0.1) is 0 Å². The molecule has 1 aliphatic heterocycles. The number of hydrogen-bond donors (Lipinski definition) is 0. The van der Waals surface area contributed by atoms with E-state index in [0.717, 1.165) is 14.9 Å². The highest BCUT2D eigenvalue weighted by atomic mass is 79.9. The second-order valence-corrected chi connectivity index (χ2v) is 5.63. The Morgan fingerprint density at radius 1 is 1.14 bits per heavy atom. The topological polar surface area (TPSA) is 53.5 Å². The van der Waals surface area contributed by atoms with Crippen LogP contribution >= 0.6 is 15.9 Å². The van der Waals surface area contributed by atoms with Crippen LogP contribution in [-0.4, -0.2) is 28.9 Å². The molecule has 0 aliphatic carbocycles. The summed E-state index contributed by atoms with van der Waals surface area (Å²) in [4.78, 5) is 31.6. The van der Waals surface area contributed by atoms with Crippen LogP contribution in [0, 0.1) is 0 Å². The molecular formula is C15H12BrN3O2. The molecule has 0 spiro atoms. The van der Waals surface area contributed by atoms with Gasteiger partial charge in [0.2, 0.25) is 0 Å². The number of benzene rings is 1. The average molecular weight is 346 g/mol. The largest absolute Gasteiger partial charge is 0.333 e. The van der Waals surface area contributed by atoms with E-state index in [9.17, 15) is 9.59 Å². The van der Waals surface area contributed by atoms with Gasteiger partial charge in [-0.2, -0.15) is 0 Å². The van der Waals surface area contributed by atoms with Crippen LogP contribution in [0.1, 0.15) is 11.6 Å². The number of hydrogen-bond acceptors (Lipinski definition) is 3. The summed E-state index contributed by atoms with van der Waals surface area (Å²) in [5.74, 6) is 0.0520. The predicted molar refractivity (Wildman–Crippen MR) is 81.8 cm³/mol. The van der Waals surface area contributed by atoms with Crippen LogP contribution in [0.5, 0.6) is 0 Å². The lowest BCUT2D eigenvalue weighted by Gasteiger charge is -2.16. The number of anilines is 1. The second-order valence-electron chi connectivity index (χ2n) is 4.71. The van der Waals surface area contributed by atoms with Gasteiger partial charge in [0, 0.05) is 17.7 Å². The van der Waals surface area contributed by atoms with Crippen molar-refractivity contribution in [3.8, 4) is 0 Å². The molecule has 0 unspecified atom stereocenters. The Bertz CT molecular complexity index is 705. The van der Waals surface area contributed by atoms with Crippen LogP contribution < -0.4 is 4.90 Å². The average Bonchev–Trinajstić information content (AvgIpc) is 2.70. The molecule has 1 aliphatic rings. The number of aromatic nitrogens is 1. The van der Waals surface area contributed by atoms with E-state index in [1.54, 1.807) is 31.4 Å². The second kappa shape index (κ2) is 5.29. The van der Waals surface area contributed by atoms with Crippen molar-refractivity contribution < 1.29 is 9.59 Å². The minimum Gasteiger partial charge on any atom is -0.311 e. The molecule has 6 heteroatoms. The number of urea groups is 1. The molecule has 1 saturated heterocycles. The van der Waals surface area contributed by atoms with Gasteiger partial charge in [-0.1, -0.05) is 34.1 Å². The van der Waals surface area contributed by atoms with Gasteiger partial charge in [-0.3, -0.25) is 4.79 Å². The first kappa shape index (κ1) is 13.8. The molecular weight excluding hydrogens is 334 g/mol. The molecule has 2 heterocycles. The zero-order chi connectivity index (χ0) is 15.0. The zero-order valence-corrected chi connectivity index (χ0v) is 12.8. The fourth-order valence-corrected chi connectivity index (χ4v) is 2.81. The van der Waals surface area contributed by atoms with Crippen molar-refractivity contribution in [1.82, 2.24) is 9.88 Å². The Kier molecular flexibility index (Phi) is 3.47. The maximum atomic E-state index is 12.6. The molecule has 0 radical (unpaired) electrons. The minimum atomic E-state index is -0.628. The number of imide groups is 1. The molecule has 1 aromatic carbocycles. The smallest absolute Gasteiger partial charge is 0.311 e. The van der Waals surface area contributed by atoms with Crippen LogP contribution in [0.2, 0.25) is 0 Å². The summed E-state index contributed by atoms with van der Waals surface area (Å²) in [5, 5.41) is 0. The predicted octanol–water partition coefficient (Wildman–Crippen LogP) is 2.98. The Balaban J connectivity index is 2.02. The van der Waals surface area contributed by atoms with Crippen LogP contribution in [0.25, 0.3) is 0 Å². The monoisotopic (exact) mass is 345 g/mol. The summed E-state index contributed by atoms with van der Waals surface area (Å²) in [6.45, 7) is 0. The molecule has 1 fully saturated rings. The number of halogens is 1. The van der Waals surface area contributed by atoms with Gasteiger partial charge in [0.15, 0.2) is 0 Å². The maximum absolute atomic E-state index is 12.6. The Labute approximate surface area is 130 Å². The fourth-order valence-electron chi connectivity index (χ4n) is 2.39. The van der Waals surface area contributed by atoms with Crippen LogP contribution in [0.3, 0.4) is 0 Å². The number of nitrogens with zero attached hydrogens (tertiary/aromatic N) is 3. The summed E-state index contributed by atoms with van der Waals surface area (Å²) in [6.07, 6.45) is 1.56. The number of carbonyl (C=O) groups is 2. The Morgan fingerprint density at radius 2 is 1.95 bits per heavy atom. The molecule has 21 heavy (non-hydrogen) atoms. The number of amides is 3. The molecule has 3 amide bonds. The van der Waals surface area contributed by atoms with Crippen molar-refractivity contribution in [2.24, 2.45) is 0 Å². The third kappa shape index (κ3) is 2.31. The molecule has 1 atom stereocenters. The summed E-state index contributed by atoms with van der Waals surface area (Å²) in [6, 6.07) is 11.5. The number of pyridine rings is 1. The van der Waals surface area contributed by atoms with Crippen LogP contribution in [-0.2, 0) is 4.79 Å². The molecule has 0 N–H and O–H groups in total. The van der Waals surface area contributed by atoms with Crippen LogP contribution in [0.4, 0.5) is 10.6 Å². The van der Waals surface area contributed by atoms with Crippen molar-refractivity contribution in [2.45, 2.75) is 6.04 Å². The van der Waals surface area contributed by atoms with E-state index in [1.807, 2.05) is 24.3 Å². The van der Waals surface area contributed by atoms with Crippen molar-refractivity contribution in [1.29, 1.82) is 0 Å². The quantitative estimate of drug-likeness (QED) is 0.786. The maximum Gasteiger partial charge on any atom is 0.333 e. The van der Waals surface area contributed by atoms with E-state index < -0.39 is 6.04 Å². The SMILES string of the molecule is CN1C(=O)N(c2ccccn2)C(=O)[C@H]1c1cccc(Br)c1. The third-order valence-electron chi connectivity index (χ3n) is 3.38. The minimum absolute atomic E-state index is 0.292. The number of likely N-dealkylation sites (N-methyl/N-ethyl adjacent to an activating group) is 1. The first-order valence-corrected chi connectivity index (χ1v) is 7.16. The highest BCUT2D eigenvalue weighted by molar-refractivity contribution is 9.10. The van der Waals surface area contributed by atoms with Crippen molar-refractivity contribution in [3.63, 3.8) is 0 Å². The van der Waals surface area contributed by atoms with Crippen molar-refractivity contribution in [2.75, 3.05) is 11.9 Å². The summed E-state index contributed by atoms with van der Waals surface area (Å²) in [5.41, 5.74) is 0.767.